The Bertz CT molecular complexity index is 378. The molecule has 1 aromatic rings. The molecule has 17 heavy (non-hydrogen) atoms. The first-order valence-corrected chi connectivity index (χ1v) is 5.49. The summed E-state index contributed by atoms with van der Waals surface area (Å²) in [7, 11) is 0. The lowest BCUT2D eigenvalue weighted by molar-refractivity contribution is -0.126. The molecule has 1 aromatic carbocycles. The highest BCUT2D eigenvalue weighted by molar-refractivity contribution is 9.10. The fourth-order valence-electron chi connectivity index (χ4n) is 1.06. The van der Waals surface area contributed by atoms with Crippen LogP contribution in [0.25, 0.3) is 0 Å². The maximum Gasteiger partial charge on any atom is 0.401 e. The lowest BCUT2D eigenvalue weighted by Crippen LogP contribution is -2.35. The normalized spacial score (nSPS) is 11.3. The molecule has 0 bridgehead atoms. The predicted molar refractivity (Wildman–Crippen MR) is 61.7 cm³/mol. The van der Waals surface area contributed by atoms with Crippen LogP contribution in [0.5, 0.6) is 0 Å². The molecule has 7 heteroatoms. The van der Waals surface area contributed by atoms with Crippen LogP contribution in [0.4, 0.5) is 18.9 Å². The zero-order chi connectivity index (χ0) is 12.9. The van der Waals surface area contributed by atoms with E-state index in [0.29, 0.717) is 5.69 Å². The fraction of sp³-hybridized carbons (Fsp3) is 0.300. The van der Waals surface area contributed by atoms with Crippen LogP contribution in [0, 0.1) is 0 Å². The molecule has 0 spiro atoms. The average molecular weight is 311 g/mol. The number of halogens is 4. The highest BCUT2D eigenvalue weighted by Gasteiger charge is 2.26. The fourth-order valence-corrected chi connectivity index (χ4v) is 1.32. The molecular weight excluding hydrogens is 301 g/mol. The van der Waals surface area contributed by atoms with Crippen LogP contribution >= 0.6 is 15.9 Å². The van der Waals surface area contributed by atoms with Crippen molar-refractivity contribution < 1.29 is 18.0 Å². The molecule has 94 valence electrons. The number of hydrogen-bond donors (Lipinski definition) is 2. The zero-order valence-electron chi connectivity index (χ0n) is 8.64. The van der Waals surface area contributed by atoms with Crippen LogP contribution in [0.3, 0.4) is 0 Å². The summed E-state index contributed by atoms with van der Waals surface area (Å²) in [6, 6.07) is 6.73. The average Bonchev–Trinajstić information content (AvgIpc) is 2.19. The Morgan fingerprint density at radius 2 is 1.82 bits per heavy atom. The van der Waals surface area contributed by atoms with Gasteiger partial charge < -0.3 is 10.6 Å². The summed E-state index contributed by atoms with van der Waals surface area (Å²) >= 11 is 3.23. The van der Waals surface area contributed by atoms with E-state index in [1.807, 2.05) is 5.32 Å². The van der Waals surface area contributed by atoms with Crippen molar-refractivity contribution in [2.24, 2.45) is 0 Å². The predicted octanol–water partition coefficient (Wildman–Crippen LogP) is 2.54. The monoisotopic (exact) mass is 310 g/mol. The van der Waals surface area contributed by atoms with Gasteiger partial charge in [0.2, 0.25) is 5.91 Å². The van der Waals surface area contributed by atoms with Crippen molar-refractivity contribution in [2.45, 2.75) is 6.18 Å². The van der Waals surface area contributed by atoms with Gasteiger partial charge in [0.25, 0.3) is 0 Å². The van der Waals surface area contributed by atoms with Gasteiger partial charge in [0.1, 0.15) is 0 Å². The number of carbonyl (C=O) groups excluding carboxylic acids is 1. The third kappa shape index (κ3) is 6.28. The molecule has 0 saturated carbocycles. The molecule has 0 aliphatic rings. The van der Waals surface area contributed by atoms with Crippen LogP contribution in [0.2, 0.25) is 0 Å². The third-order valence-electron chi connectivity index (χ3n) is 1.74. The molecule has 0 radical (unpaired) electrons. The standard InChI is InChI=1S/C10H10BrF3N2O/c11-7-1-3-8(4-2-7)16-9(17)5-15-6-10(12,13)14/h1-4,15H,5-6H2,(H,16,17). The van der Waals surface area contributed by atoms with E-state index in [9.17, 15) is 18.0 Å². The summed E-state index contributed by atoms with van der Waals surface area (Å²) in [6.45, 7) is -1.56. The van der Waals surface area contributed by atoms with E-state index in [2.05, 4.69) is 21.2 Å². The van der Waals surface area contributed by atoms with Gasteiger partial charge in [0.05, 0.1) is 13.1 Å². The Labute approximate surface area is 105 Å². The number of anilines is 1. The van der Waals surface area contributed by atoms with Crippen LogP contribution in [0.15, 0.2) is 28.7 Å². The van der Waals surface area contributed by atoms with Crippen LogP contribution in [-0.2, 0) is 4.79 Å². The number of amides is 1. The van der Waals surface area contributed by atoms with Crippen LogP contribution in [0.1, 0.15) is 0 Å². The highest BCUT2D eigenvalue weighted by Crippen LogP contribution is 2.14. The number of rotatable bonds is 4. The molecule has 0 unspecified atom stereocenters. The van der Waals surface area contributed by atoms with E-state index in [4.69, 9.17) is 0 Å². The van der Waals surface area contributed by atoms with E-state index >= 15 is 0 Å². The third-order valence-corrected chi connectivity index (χ3v) is 2.27. The summed E-state index contributed by atoms with van der Waals surface area (Å²) in [5, 5.41) is 4.48. The number of benzene rings is 1. The van der Waals surface area contributed by atoms with Gasteiger partial charge in [-0.15, -0.1) is 0 Å². The van der Waals surface area contributed by atoms with Crippen LogP contribution < -0.4 is 10.6 Å². The second-order valence-corrected chi connectivity index (χ2v) is 4.19. The molecule has 0 fully saturated rings. The Balaban J connectivity index is 2.32. The molecule has 3 nitrogen and oxygen atoms in total. The SMILES string of the molecule is O=C(CNCC(F)(F)F)Nc1ccc(Br)cc1. The van der Waals surface area contributed by atoms with Gasteiger partial charge in [-0.3, -0.25) is 4.79 Å². The highest BCUT2D eigenvalue weighted by atomic mass is 79.9. The van der Waals surface area contributed by atoms with Crippen molar-refractivity contribution in [1.82, 2.24) is 5.32 Å². The Morgan fingerprint density at radius 1 is 1.24 bits per heavy atom. The van der Waals surface area contributed by atoms with E-state index < -0.39 is 18.6 Å². The zero-order valence-corrected chi connectivity index (χ0v) is 10.2. The molecule has 1 rings (SSSR count). The van der Waals surface area contributed by atoms with Gasteiger partial charge >= 0.3 is 6.18 Å². The number of nitrogens with one attached hydrogen (secondary N) is 2. The molecule has 0 atom stereocenters. The lowest BCUT2D eigenvalue weighted by atomic mass is 10.3. The van der Waals surface area contributed by atoms with E-state index in [1.54, 1.807) is 24.3 Å². The first-order chi connectivity index (χ1) is 7.87. The molecule has 0 heterocycles. The second-order valence-electron chi connectivity index (χ2n) is 3.27. The minimum Gasteiger partial charge on any atom is -0.325 e. The Kier molecular flexibility index (Phi) is 4.95. The van der Waals surface area contributed by atoms with E-state index in [1.165, 1.54) is 0 Å². The Hall–Kier alpha value is -1.08. The van der Waals surface area contributed by atoms with Crippen molar-refractivity contribution in [3.8, 4) is 0 Å². The molecule has 0 aliphatic heterocycles. The summed E-state index contributed by atoms with van der Waals surface area (Å²) in [5.41, 5.74) is 0.534. The van der Waals surface area contributed by atoms with Crippen molar-refractivity contribution in [1.29, 1.82) is 0 Å². The molecule has 1 amide bonds. The number of hydrogen-bond acceptors (Lipinski definition) is 2. The summed E-state index contributed by atoms with van der Waals surface area (Å²) < 4.78 is 36.2. The lowest BCUT2D eigenvalue weighted by Gasteiger charge is -2.08. The minimum absolute atomic E-state index is 0.379. The summed E-state index contributed by atoms with van der Waals surface area (Å²) in [4.78, 5) is 11.2. The molecule has 0 saturated heterocycles. The molecule has 2 N–H and O–H groups in total. The van der Waals surface area contributed by atoms with E-state index in [-0.39, 0.29) is 6.54 Å². The first kappa shape index (κ1) is 14.0. The molecule has 0 aliphatic carbocycles. The topological polar surface area (TPSA) is 41.1 Å². The van der Waals surface area contributed by atoms with Gasteiger partial charge in [0.15, 0.2) is 0 Å². The minimum atomic E-state index is -4.31. The van der Waals surface area contributed by atoms with Crippen molar-refractivity contribution in [3.63, 3.8) is 0 Å². The van der Waals surface area contributed by atoms with Crippen LogP contribution in [-0.4, -0.2) is 25.2 Å². The van der Waals surface area contributed by atoms with E-state index in [0.717, 1.165) is 4.47 Å². The maximum absolute atomic E-state index is 11.8. The van der Waals surface area contributed by atoms with Gasteiger partial charge in [0, 0.05) is 10.2 Å². The smallest absolute Gasteiger partial charge is 0.325 e. The summed E-state index contributed by atoms with van der Waals surface area (Å²) in [5.74, 6) is -0.517. The van der Waals surface area contributed by atoms with Crippen molar-refractivity contribution in [2.75, 3.05) is 18.4 Å². The maximum atomic E-state index is 11.8. The van der Waals surface area contributed by atoms with Crippen molar-refractivity contribution in [3.05, 3.63) is 28.7 Å². The Morgan fingerprint density at radius 3 is 2.35 bits per heavy atom. The largest absolute Gasteiger partial charge is 0.401 e. The molecule has 0 aromatic heterocycles. The van der Waals surface area contributed by atoms with Gasteiger partial charge in [-0.2, -0.15) is 13.2 Å². The number of carbonyl (C=O) groups is 1. The van der Waals surface area contributed by atoms with Gasteiger partial charge in [-0.05, 0) is 24.3 Å². The van der Waals surface area contributed by atoms with Gasteiger partial charge in [-0.25, -0.2) is 0 Å². The first-order valence-electron chi connectivity index (χ1n) is 4.70. The quantitative estimate of drug-likeness (QED) is 0.897. The van der Waals surface area contributed by atoms with Crippen molar-refractivity contribution >= 4 is 27.5 Å². The number of alkyl halides is 3. The molecular formula is C10H10BrF3N2O. The van der Waals surface area contributed by atoms with Gasteiger partial charge in [-0.1, -0.05) is 15.9 Å². The summed E-state index contributed by atoms with van der Waals surface area (Å²) in [6.07, 6.45) is -4.31. The second kappa shape index (κ2) is 6.02.